The summed E-state index contributed by atoms with van der Waals surface area (Å²) in [6.07, 6.45) is 7.67. The van der Waals surface area contributed by atoms with Crippen molar-refractivity contribution < 1.29 is 9.64 Å². The van der Waals surface area contributed by atoms with E-state index in [1.165, 1.54) is 54.6 Å². The quantitative estimate of drug-likeness (QED) is 0.877. The van der Waals surface area contributed by atoms with Gasteiger partial charge in [0.05, 0.1) is 18.6 Å². The molecular formula is C21H31N4OS+. The first-order chi connectivity index (χ1) is 13.3. The van der Waals surface area contributed by atoms with E-state index in [9.17, 15) is 0 Å². The molecule has 0 aromatic carbocycles. The summed E-state index contributed by atoms with van der Waals surface area (Å²) in [6, 6.07) is 0. The summed E-state index contributed by atoms with van der Waals surface area (Å²) in [5.41, 5.74) is 1.57. The zero-order chi connectivity index (χ0) is 18.2. The Hall–Kier alpha value is -1.24. The lowest BCUT2D eigenvalue weighted by atomic mass is 9.89. The minimum Gasteiger partial charge on any atom is -0.370 e. The van der Waals surface area contributed by atoms with Crippen LogP contribution in [0.4, 0.5) is 5.82 Å². The van der Waals surface area contributed by atoms with E-state index in [-0.39, 0.29) is 0 Å². The fourth-order valence-corrected chi connectivity index (χ4v) is 6.24. The van der Waals surface area contributed by atoms with E-state index < -0.39 is 0 Å². The third kappa shape index (κ3) is 3.59. The van der Waals surface area contributed by atoms with Crippen molar-refractivity contribution in [2.75, 3.05) is 44.3 Å². The predicted octanol–water partition coefficient (Wildman–Crippen LogP) is 2.22. The van der Waals surface area contributed by atoms with Gasteiger partial charge in [-0.15, -0.1) is 11.3 Å². The molecule has 0 saturated carbocycles. The molecule has 2 aliphatic heterocycles. The van der Waals surface area contributed by atoms with Crippen LogP contribution >= 0.6 is 11.3 Å². The van der Waals surface area contributed by atoms with E-state index in [4.69, 9.17) is 14.7 Å². The van der Waals surface area contributed by atoms with E-state index >= 15 is 0 Å². The van der Waals surface area contributed by atoms with E-state index in [0.717, 1.165) is 57.7 Å². The van der Waals surface area contributed by atoms with Crippen molar-refractivity contribution in [2.24, 2.45) is 5.92 Å². The number of quaternary nitrogens is 1. The molecule has 5 nitrogen and oxygen atoms in total. The molecule has 1 N–H and O–H groups in total. The van der Waals surface area contributed by atoms with Crippen LogP contribution in [0.15, 0.2) is 0 Å². The molecule has 2 aromatic rings. The highest BCUT2D eigenvalue weighted by atomic mass is 32.1. The van der Waals surface area contributed by atoms with Crippen LogP contribution in [-0.4, -0.2) is 49.4 Å². The Morgan fingerprint density at radius 2 is 1.96 bits per heavy atom. The van der Waals surface area contributed by atoms with Gasteiger partial charge >= 0.3 is 0 Å². The summed E-state index contributed by atoms with van der Waals surface area (Å²) in [7, 11) is 0. The van der Waals surface area contributed by atoms with E-state index in [2.05, 4.69) is 11.8 Å². The summed E-state index contributed by atoms with van der Waals surface area (Å²) >= 11 is 1.95. The number of nitrogens with one attached hydrogen (secondary N) is 1. The number of aryl methyl sites for hydroxylation is 1. The molecule has 1 aliphatic carbocycles. The van der Waals surface area contributed by atoms with Crippen molar-refractivity contribution in [3.8, 4) is 0 Å². The highest BCUT2D eigenvalue weighted by Crippen LogP contribution is 2.41. The Morgan fingerprint density at radius 3 is 2.78 bits per heavy atom. The maximum absolute atomic E-state index is 5.52. The zero-order valence-corrected chi connectivity index (χ0v) is 17.2. The predicted molar refractivity (Wildman–Crippen MR) is 110 cm³/mol. The topological polar surface area (TPSA) is 42.7 Å². The van der Waals surface area contributed by atoms with Gasteiger partial charge in [0, 0.05) is 18.0 Å². The maximum Gasteiger partial charge on any atom is 0.187 e. The summed E-state index contributed by atoms with van der Waals surface area (Å²) in [5.74, 6) is 3.08. The summed E-state index contributed by atoms with van der Waals surface area (Å²) < 4.78 is 5.52. The van der Waals surface area contributed by atoms with Crippen LogP contribution < -0.4 is 9.80 Å². The minimum absolute atomic E-state index is 0.800. The van der Waals surface area contributed by atoms with Gasteiger partial charge in [-0.3, -0.25) is 0 Å². The molecule has 0 spiro atoms. The van der Waals surface area contributed by atoms with Gasteiger partial charge in [-0.1, -0.05) is 6.92 Å². The highest BCUT2D eigenvalue weighted by Gasteiger charge is 2.27. The fraction of sp³-hybridized carbons (Fsp3) is 0.714. The number of piperidine rings is 1. The van der Waals surface area contributed by atoms with Gasteiger partial charge in [-0.2, -0.15) is 0 Å². The molecule has 4 heterocycles. The smallest absolute Gasteiger partial charge is 0.187 e. The Kier molecular flexibility index (Phi) is 5.05. The first kappa shape index (κ1) is 17.8. The molecule has 146 valence electrons. The van der Waals surface area contributed by atoms with Crippen molar-refractivity contribution in [1.82, 2.24) is 9.97 Å². The summed E-state index contributed by atoms with van der Waals surface area (Å²) in [6.45, 7) is 9.48. The molecule has 0 bridgehead atoms. The van der Waals surface area contributed by atoms with E-state index in [0.29, 0.717) is 0 Å². The normalized spacial score (nSPS) is 24.3. The van der Waals surface area contributed by atoms with Crippen molar-refractivity contribution in [1.29, 1.82) is 0 Å². The van der Waals surface area contributed by atoms with Crippen LogP contribution in [0.25, 0.3) is 10.2 Å². The van der Waals surface area contributed by atoms with Gasteiger partial charge in [0.2, 0.25) is 0 Å². The van der Waals surface area contributed by atoms with Gasteiger partial charge in [0.25, 0.3) is 0 Å². The molecule has 27 heavy (non-hydrogen) atoms. The Balaban J connectivity index is 1.56. The average molecular weight is 388 g/mol. The molecule has 6 heteroatoms. The second-order valence-electron chi connectivity index (χ2n) is 8.58. The summed E-state index contributed by atoms with van der Waals surface area (Å²) in [4.78, 5) is 17.2. The van der Waals surface area contributed by atoms with E-state index in [1.54, 1.807) is 15.3 Å². The average Bonchev–Trinajstić information content (AvgIpc) is 3.06. The van der Waals surface area contributed by atoms with Gasteiger partial charge < -0.3 is 14.5 Å². The Bertz CT molecular complexity index is 808. The van der Waals surface area contributed by atoms with Crippen molar-refractivity contribution in [3.05, 3.63) is 16.3 Å². The van der Waals surface area contributed by atoms with Crippen LogP contribution in [-0.2, 0) is 24.1 Å². The fourth-order valence-electron chi connectivity index (χ4n) is 4.84. The lowest BCUT2D eigenvalue weighted by Crippen LogP contribution is -3.12. The molecule has 0 amide bonds. The Morgan fingerprint density at radius 1 is 1.15 bits per heavy atom. The highest BCUT2D eigenvalue weighted by molar-refractivity contribution is 7.19. The molecule has 0 unspecified atom stereocenters. The molecular weight excluding hydrogens is 356 g/mol. The third-order valence-electron chi connectivity index (χ3n) is 6.45. The first-order valence-electron chi connectivity index (χ1n) is 10.8. The standard InChI is InChI=1S/C21H30N4OS/c1-15-5-6-16-17(13-15)27-21-19(16)20(25-7-3-2-4-8-25)22-18(23-21)14-24-9-11-26-12-10-24/h15H,2-14H2,1H3/p+1/t15-/m1/s1. The van der Waals surface area contributed by atoms with Gasteiger partial charge in [-0.25, -0.2) is 9.97 Å². The molecule has 0 radical (unpaired) electrons. The Labute approximate surface area is 165 Å². The number of fused-ring (bicyclic) bond motifs is 3. The molecule has 2 aromatic heterocycles. The number of hydrogen-bond acceptors (Lipinski definition) is 5. The molecule has 5 rings (SSSR count). The van der Waals surface area contributed by atoms with E-state index in [1.807, 2.05) is 11.3 Å². The maximum atomic E-state index is 5.52. The lowest BCUT2D eigenvalue weighted by Gasteiger charge is -2.29. The second-order valence-corrected chi connectivity index (χ2v) is 9.67. The molecule has 1 atom stereocenters. The number of rotatable bonds is 3. The van der Waals surface area contributed by atoms with Gasteiger partial charge in [-0.05, 0) is 50.0 Å². The van der Waals surface area contributed by atoms with Crippen LogP contribution in [0.5, 0.6) is 0 Å². The van der Waals surface area contributed by atoms with Crippen LogP contribution in [0.3, 0.4) is 0 Å². The lowest BCUT2D eigenvalue weighted by molar-refractivity contribution is -0.922. The zero-order valence-electron chi connectivity index (χ0n) is 16.4. The number of morpholine rings is 1. The van der Waals surface area contributed by atoms with Crippen LogP contribution in [0.2, 0.25) is 0 Å². The molecule has 3 aliphatic rings. The first-order valence-corrected chi connectivity index (χ1v) is 11.6. The number of hydrogen-bond donors (Lipinski definition) is 1. The van der Waals surface area contributed by atoms with Crippen LogP contribution in [0, 0.1) is 5.92 Å². The third-order valence-corrected chi connectivity index (χ3v) is 7.59. The number of anilines is 1. The summed E-state index contributed by atoms with van der Waals surface area (Å²) in [5, 5.41) is 1.39. The number of aromatic nitrogens is 2. The molecule has 2 saturated heterocycles. The number of thiophene rings is 1. The monoisotopic (exact) mass is 387 g/mol. The number of ether oxygens (including phenoxy) is 1. The minimum atomic E-state index is 0.800. The SMILES string of the molecule is C[C@@H]1CCc2c(sc3nc(C[NH+]4CCOCC4)nc(N4CCCCC4)c23)C1. The van der Waals surface area contributed by atoms with Gasteiger partial charge in [0.1, 0.15) is 30.3 Å². The van der Waals surface area contributed by atoms with Crippen molar-refractivity contribution >= 4 is 27.4 Å². The largest absolute Gasteiger partial charge is 0.370 e. The van der Waals surface area contributed by atoms with Crippen molar-refractivity contribution in [3.63, 3.8) is 0 Å². The molecule has 2 fully saturated rings. The van der Waals surface area contributed by atoms with Gasteiger partial charge in [0.15, 0.2) is 5.82 Å². The van der Waals surface area contributed by atoms with Crippen LogP contribution in [0.1, 0.15) is 48.9 Å². The van der Waals surface area contributed by atoms with Crippen molar-refractivity contribution in [2.45, 2.75) is 52.0 Å². The number of nitrogens with zero attached hydrogens (tertiary/aromatic N) is 3. The second kappa shape index (κ2) is 7.64.